The summed E-state index contributed by atoms with van der Waals surface area (Å²) in [5.41, 5.74) is 5.61. The quantitative estimate of drug-likeness (QED) is 0.631. The van der Waals surface area contributed by atoms with Gasteiger partial charge in [0.2, 0.25) is 0 Å². The Labute approximate surface area is 70.8 Å². The van der Waals surface area contributed by atoms with Gasteiger partial charge in [-0.2, -0.15) is 0 Å². The summed E-state index contributed by atoms with van der Waals surface area (Å²) >= 11 is 0. The third-order valence-electron chi connectivity index (χ3n) is 2.32. The van der Waals surface area contributed by atoms with Crippen molar-refractivity contribution < 1.29 is 0 Å². The average Bonchev–Trinajstić information content (AvgIpc) is 2.07. The molecule has 0 spiro atoms. The van der Waals surface area contributed by atoms with Crippen molar-refractivity contribution in [2.45, 2.75) is 27.2 Å². The standard InChI is InChI=1S/C9H22N2/c1-4-9(7-10)8-11(5-2)6-3/h9H,4-8,10H2,1-3H3. The zero-order chi connectivity index (χ0) is 8.69. The van der Waals surface area contributed by atoms with Crippen molar-refractivity contribution >= 4 is 0 Å². The first kappa shape index (κ1) is 10.9. The minimum absolute atomic E-state index is 0.690. The van der Waals surface area contributed by atoms with Gasteiger partial charge in [0.05, 0.1) is 0 Å². The topological polar surface area (TPSA) is 29.3 Å². The van der Waals surface area contributed by atoms with Crippen LogP contribution in [0.4, 0.5) is 0 Å². The molecule has 2 heteroatoms. The van der Waals surface area contributed by atoms with Crippen molar-refractivity contribution in [3.05, 3.63) is 0 Å². The molecule has 68 valence electrons. The van der Waals surface area contributed by atoms with Gasteiger partial charge in [0.1, 0.15) is 0 Å². The molecule has 1 atom stereocenters. The number of hydrogen-bond donors (Lipinski definition) is 1. The highest BCUT2D eigenvalue weighted by atomic mass is 15.1. The molecule has 0 aromatic carbocycles. The molecule has 0 radical (unpaired) electrons. The molecule has 11 heavy (non-hydrogen) atoms. The van der Waals surface area contributed by atoms with Crippen LogP contribution >= 0.6 is 0 Å². The van der Waals surface area contributed by atoms with Crippen LogP contribution in [0.3, 0.4) is 0 Å². The predicted octanol–water partition coefficient (Wildman–Crippen LogP) is 1.31. The van der Waals surface area contributed by atoms with E-state index in [1.54, 1.807) is 0 Å². The molecular weight excluding hydrogens is 136 g/mol. The Hall–Kier alpha value is -0.0800. The molecule has 0 fully saturated rings. The second-order valence-corrected chi connectivity index (χ2v) is 3.00. The summed E-state index contributed by atoms with van der Waals surface area (Å²) in [7, 11) is 0. The third kappa shape index (κ3) is 4.38. The highest BCUT2D eigenvalue weighted by molar-refractivity contribution is 4.63. The van der Waals surface area contributed by atoms with E-state index >= 15 is 0 Å². The third-order valence-corrected chi connectivity index (χ3v) is 2.32. The fourth-order valence-electron chi connectivity index (χ4n) is 1.22. The Morgan fingerprint density at radius 1 is 1.18 bits per heavy atom. The van der Waals surface area contributed by atoms with Crippen LogP contribution in [0.2, 0.25) is 0 Å². The fourth-order valence-corrected chi connectivity index (χ4v) is 1.22. The summed E-state index contributed by atoms with van der Waals surface area (Å²) in [5.74, 6) is 0.690. The van der Waals surface area contributed by atoms with Crippen LogP contribution < -0.4 is 5.73 Å². The highest BCUT2D eigenvalue weighted by Gasteiger charge is 2.07. The van der Waals surface area contributed by atoms with E-state index in [0.29, 0.717) is 5.92 Å². The van der Waals surface area contributed by atoms with E-state index in [9.17, 15) is 0 Å². The lowest BCUT2D eigenvalue weighted by Gasteiger charge is -2.23. The van der Waals surface area contributed by atoms with Crippen molar-refractivity contribution in [1.82, 2.24) is 4.90 Å². The molecule has 0 heterocycles. The van der Waals surface area contributed by atoms with Gasteiger partial charge in [-0.15, -0.1) is 0 Å². The Balaban J connectivity index is 3.58. The normalized spacial score (nSPS) is 13.9. The van der Waals surface area contributed by atoms with E-state index in [-0.39, 0.29) is 0 Å². The molecule has 0 aliphatic carbocycles. The van der Waals surface area contributed by atoms with Gasteiger partial charge in [-0.3, -0.25) is 0 Å². The smallest absolute Gasteiger partial charge is 0.00214 e. The maximum atomic E-state index is 5.61. The first-order valence-electron chi connectivity index (χ1n) is 4.70. The Kier molecular flexibility index (Phi) is 6.57. The summed E-state index contributed by atoms with van der Waals surface area (Å²) in [4.78, 5) is 2.43. The second-order valence-electron chi connectivity index (χ2n) is 3.00. The molecule has 0 bridgehead atoms. The van der Waals surface area contributed by atoms with Crippen LogP contribution in [0, 0.1) is 5.92 Å². The lowest BCUT2D eigenvalue weighted by Crippen LogP contribution is -2.32. The van der Waals surface area contributed by atoms with Gasteiger partial charge in [0.25, 0.3) is 0 Å². The predicted molar refractivity (Wildman–Crippen MR) is 50.6 cm³/mol. The highest BCUT2D eigenvalue weighted by Crippen LogP contribution is 2.02. The van der Waals surface area contributed by atoms with Crippen molar-refractivity contribution in [3.8, 4) is 0 Å². The minimum Gasteiger partial charge on any atom is -0.330 e. The molecule has 1 unspecified atom stereocenters. The second kappa shape index (κ2) is 6.62. The monoisotopic (exact) mass is 158 g/mol. The fraction of sp³-hybridized carbons (Fsp3) is 1.00. The van der Waals surface area contributed by atoms with Gasteiger partial charge in [-0.05, 0) is 25.6 Å². The van der Waals surface area contributed by atoms with Gasteiger partial charge < -0.3 is 10.6 Å². The SMILES string of the molecule is CCC(CN)CN(CC)CC. The van der Waals surface area contributed by atoms with E-state index in [1.807, 2.05) is 0 Å². The van der Waals surface area contributed by atoms with E-state index < -0.39 is 0 Å². The lowest BCUT2D eigenvalue weighted by molar-refractivity contribution is 0.251. The first-order chi connectivity index (χ1) is 5.28. The summed E-state index contributed by atoms with van der Waals surface area (Å²) in [5, 5.41) is 0. The minimum atomic E-state index is 0.690. The summed E-state index contributed by atoms with van der Waals surface area (Å²) in [6.45, 7) is 10.9. The molecule has 0 saturated heterocycles. The molecule has 0 aliphatic rings. The Morgan fingerprint density at radius 3 is 2.00 bits per heavy atom. The van der Waals surface area contributed by atoms with Crippen LogP contribution in [0.5, 0.6) is 0 Å². The number of nitrogens with zero attached hydrogens (tertiary/aromatic N) is 1. The van der Waals surface area contributed by atoms with Gasteiger partial charge >= 0.3 is 0 Å². The molecule has 0 rings (SSSR count). The average molecular weight is 158 g/mol. The molecule has 0 aromatic heterocycles. The maximum Gasteiger partial charge on any atom is 0.00214 e. The van der Waals surface area contributed by atoms with E-state index in [0.717, 1.165) is 19.6 Å². The Morgan fingerprint density at radius 2 is 1.73 bits per heavy atom. The molecule has 0 amide bonds. The molecule has 2 N–H and O–H groups in total. The van der Waals surface area contributed by atoms with Gasteiger partial charge in [0.15, 0.2) is 0 Å². The van der Waals surface area contributed by atoms with Gasteiger partial charge in [-0.25, -0.2) is 0 Å². The maximum absolute atomic E-state index is 5.61. The number of rotatable bonds is 6. The summed E-state index contributed by atoms with van der Waals surface area (Å²) < 4.78 is 0. The van der Waals surface area contributed by atoms with E-state index in [2.05, 4.69) is 25.7 Å². The van der Waals surface area contributed by atoms with E-state index in [4.69, 9.17) is 5.73 Å². The molecule has 0 aromatic rings. The largest absolute Gasteiger partial charge is 0.330 e. The van der Waals surface area contributed by atoms with Gasteiger partial charge in [0, 0.05) is 6.54 Å². The molecular formula is C9H22N2. The Bertz CT molecular complexity index is 65.6. The zero-order valence-corrected chi connectivity index (χ0v) is 8.14. The number of hydrogen-bond acceptors (Lipinski definition) is 2. The lowest BCUT2D eigenvalue weighted by atomic mass is 10.1. The molecule has 2 nitrogen and oxygen atoms in total. The van der Waals surface area contributed by atoms with Crippen molar-refractivity contribution in [2.24, 2.45) is 11.7 Å². The zero-order valence-electron chi connectivity index (χ0n) is 8.14. The summed E-state index contributed by atoms with van der Waals surface area (Å²) in [6, 6.07) is 0. The van der Waals surface area contributed by atoms with Crippen LogP contribution in [-0.4, -0.2) is 31.1 Å². The molecule has 0 saturated carbocycles. The molecule has 0 aliphatic heterocycles. The number of nitrogens with two attached hydrogens (primary N) is 1. The van der Waals surface area contributed by atoms with Crippen molar-refractivity contribution in [1.29, 1.82) is 0 Å². The van der Waals surface area contributed by atoms with Crippen LogP contribution in [-0.2, 0) is 0 Å². The van der Waals surface area contributed by atoms with Crippen LogP contribution in [0.1, 0.15) is 27.2 Å². The van der Waals surface area contributed by atoms with Crippen molar-refractivity contribution in [2.75, 3.05) is 26.2 Å². The summed E-state index contributed by atoms with van der Waals surface area (Å²) in [6.07, 6.45) is 1.20. The van der Waals surface area contributed by atoms with Crippen LogP contribution in [0.15, 0.2) is 0 Å². The van der Waals surface area contributed by atoms with Crippen LogP contribution in [0.25, 0.3) is 0 Å². The first-order valence-corrected chi connectivity index (χ1v) is 4.70. The van der Waals surface area contributed by atoms with E-state index in [1.165, 1.54) is 13.0 Å². The van der Waals surface area contributed by atoms with Crippen molar-refractivity contribution in [3.63, 3.8) is 0 Å². The van der Waals surface area contributed by atoms with Gasteiger partial charge in [-0.1, -0.05) is 27.2 Å².